The number of nitrogens with one attached hydrogen (secondary N) is 1. The molecule has 2 aromatic heterocycles. The molecule has 0 saturated heterocycles. The number of methoxy groups -OCH3 is 1. The Hall–Kier alpha value is -4.04. The van der Waals surface area contributed by atoms with Gasteiger partial charge in [-0.15, -0.1) is 10.2 Å². The second kappa shape index (κ2) is 9.22. The minimum atomic E-state index is -0.169. The van der Waals surface area contributed by atoms with Crippen molar-refractivity contribution in [3.8, 4) is 23.0 Å². The average molecular weight is 457 g/mol. The van der Waals surface area contributed by atoms with Crippen molar-refractivity contribution in [2.45, 2.75) is 5.16 Å². The summed E-state index contributed by atoms with van der Waals surface area (Å²) in [7, 11) is 1.57. The number of para-hydroxylation sites is 4. The fourth-order valence-electron chi connectivity index (χ4n) is 3.49. The smallest absolute Gasteiger partial charge is 0.234 e. The molecule has 8 heteroatoms. The number of benzene rings is 3. The molecular weight excluding hydrogens is 436 g/mol. The second-order valence-electron chi connectivity index (χ2n) is 7.16. The third-order valence-corrected chi connectivity index (χ3v) is 5.94. The van der Waals surface area contributed by atoms with Crippen LogP contribution in [0.1, 0.15) is 0 Å². The van der Waals surface area contributed by atoms with E-state index in [1.165, 1.54) is 11.8 Å². The van der Waals surface area contributed by atoms with Crippen molar-refractivity contribution in [2.24, 2.45) is 0 Å². The number of hydrogen-bond donors (Lipinski definition) is 1. The number of amides is 1. The maximum Gasteiger partial charge on any atom is 0.234 e. The molecule has 33 heavy (non-hydrogen) atoms. The minimum absolute atomic E-state index is 0.156. The van der Waals surface area contributed by atoms with Crippen molar-refractivity contribution >= 4 is 34.3 Å². The summed E-state index contributed by atoms with van der Waals surface area (Å²) >= 11 is 1.30. The fourth-order valence-corrected chi connectivity index (χ4v) is 4.24. The SMILES string of the molecule is COc1ccccc1NC(=O)CSc1nnc(-c2cc3ccccc3o2)n1-c1ccccc1. The lowest BCUT2D eigenvalue weighted by molar-refractivity contribution is -0.113. The Kier molecular flexibility index (Phi) is 5.82. The summed E-state index contributed by atoms with van der Waals surface area (Å²) in [4.78, 5) is 12.6. The third kappa shape index (κ3) is 4.33. The molecule has 0 atom stereocenters. The molecular formula is C25H20N4O3S. The number of aromatic nitrogens is 3. The maximum atomic E-state index is 12.6. The highest BCUT2D eigenvalue weighted by Gasteiger charge is 2.20. The van der Waals surface area contributed by atoms with E-state index in [0.29, 0.717) is 28.2 Å². The topological polar surface area (TPSA) is 82.2 Å². The Morgan fingerprint density at radius 1 is 1.00 bits per heavy atom. The fraction of sp³-hybridized carbons (Fsp3) is 0.0800. The van der Waals surface area contributed by atoms with Crippen molar-refractivity contribution in [2.75, 3.05) is 18.2 Å². The molecule has 164 valence electrons. The number of furan rings is 1. The van der Waals surface area contributed by atoms with Gasteiger partial charge in [-0.05, 0) is 36.4 Å². The average Bonchev–Trinajstić information content (AvgIpc) is 3.47. The number of rotatable bonds is 7. The highest BCUT2D eigenvalue weighted by Crippen LogP contribution is 2.32. The van der Waals surface area contributed by atoms with Crippen LogP contribution in [-0.2, 0) is 4.79 Å². The number of hydrogen-bond acceptors (Lipinski definition) is 6. The van der Waals surface area contributed by atoms with Gasteiger partial charge in [0.2, 0.25) is 11.7 Å². The molecule has 1 amide bonds. The largest absolute Gasteiger partial charge is 0.495 e. The first-order chi connectivity index (χ1) is 16.2. The van der Waals surface area contributed by atoms with Gasteiger partial charge in [0.25, 0.3) is 0 Å². The third-order valence-electron chi connectivity index (χ3n) is 5.01. The molecule has 0 unspecified atom stereocenters. The predicted molar refractivity (Wildman–Crippen MR) is 129 cm³/mol. The van der Waals surface area contributed by atoms with Crippen LogP contribution in [-0.4, -0.2) is 33.5 Å². The molecule has 1 N–H and O–H groups in total. The van der Waals surface area contributed by atoms with E-state index in [0.717, 1.165) is 16.7 Å². The van der Waals surface area contributed by atoms with Crippen LogP contribution in [0.25, 0.3) is 28.2 Å². The molecule has 0 spiro atoms. The molecule has 3 aromatic carbocycles. The molecule has 5 rings (SSSR count). The Labute approximate surface area is 194 Å². The number of anilines is 1. The first kappa shape index (κ1) is 20.8. The van der Waals surface area contributed by atoms with E-state index in [1.807, 2.05) is 77.4 Å². The van der Waals surface area contributed by atoms with Crippen molar-refractivity contribution < 1.29 is 13.9 Å². The number of thioether (sulfide) groups is 1. The summed E-state index contributed by atoms with van der Waals surface area (Å²) in [6.07, 6.45) is 0. The second-order valence-corrected chi connectivity index (χ2v) is 8.11. The van der Waals surface area contributed by atoms with Gasteiger partial charge >= 0.3 is 0 Å². The van der Waals surface area contributed by atoms with E-state index in [2.05, 4.69) is 15.5 Å². The molecule has 7 nitrogen and oxygen atoms in total. The summed E-state index contributed by atoms with van der Waals surface area (Å²) < 4.78 is 13.2. The normalized spacial score (nSPS) is 10.9. The Bertz CT molecular complexity index is 1380. The first-order valence-corrected chi connectivity index (χ1v) is 11.3. The van der Waals surface area contributed by atoms with Crippen LogP contribution >= 0.6 is 11.8 Å². The summed E-state index contributed by atoms with van der Waals surface area (Å²) in [5, 5.41) is 13.2. The Morgan fingerprint density at radius 3 is 2.58 bits per heavy atom. The van der Waals surface area contributed by atoms with Crippen LogP contribution in [0.4, 0.5) is 5.69 Å². The zero-order chi connectivity index (χ0) is 22.6. The monoisotopic (exact) mass is 456 g/mol. The minimum Gasteiger partial charge on any atom is -0.495 e. The summed E-state index contributed by atoms with van der Waals surface area (Å²) in [6, 6.07) is 26.8. The highest BCUT2D eigenvalue weighted by atomic mass is 32.2. The number of fused-ring (bicyclic) bond motifs is 1. The van der Waals surface area contributed by atoms with Crippen LogP contribution < -0.4 is 10.1 Å². The van der Waals surface area contributed by atoms with Gasteiger partial charge in [0.05, 0.1) is 18.6 Å². The lowest BCUT2D eigenvalue weighted by atomic mass is 10.2. The van der Waals surface area contributed by atoms with Crippen LogP contribution in [0.2, 0.25) is 0 Å². The predicted octanol–water partition coefficient (Wildman–Crippen LogP) is 5.42. The van der Waals surface area contributed by atoms with Crippen molar-refractivity contribution in [1.29, 1.82) is 0 Å². The quantitative estimate of drug-likeness (QED) is 0.329. The molecule has 2 heterocycles. The van der Waals surface area contributed by atoms with E-state index in [-0.39, 0.29) is 11.7 Å². The van der Waals surface area contributed by atoms with Crippen LogP contribution in [0, 0.1) is 0 Å². The summed E-state index contributed by atoms with van der Waals surface area (Å²) in [6.45, 7) is 0. The van der Waals surface area contributed by atoms with Gasteiger partial charge in [0.15, 0.2) is 10.9 Å². The van der Waals surface area contributed by atoms with Gasteiger partial charge in [0.1, 0.15) is 11.3 Å². The van der Waals surface area contributed by atoms with Crippen LogP contribution in [0.5, 0.6) is 5.75 Å². The molecule has 0 fully saturated rings. The molecule has 0 aliphatic heterocycles. The summed E-state index contributed by atoms with van der Waals surface area (Å²) in [5.41, 5.74) is 2.28. The molecule has 0 radical (unpaired) electrons. The van der Waals surface area contributed by atoms with E-state index >= 15 is 0 Å². The van der Waals surface area contributed by atoms with Crippen LogP contribution in [0.3, 0.4) is 0 Å². The van der Waals surface area contributed by atoms with Gasteiger partial charge in [-0.2, -0.15) is 0 Å². The van der Waals surface area contributed by atoms with Crippen molar-refractivity contribution in [3.63, 3.8) is 0 Å². The zero-order valence-electron chi connectivity index (χ0n) is 17.8. The molecule has 0 aliphatic rings. The van der Waals surface area contributed by atoms with E-state index in [9.17, 15) is 4.79 Å². The van der Waals surface area contributed by atoms with E-state index in [4.69, 9.17) is 9.15 Å². The first-order valence-electron chi connectivity index (χ1n) is 10.3. The molecule has 0 aliphatic carbocycles. The van der Waals surface area contributed by atoms with Gasteiger partial charge in [0, 0.05) is 11.1 Å². The van der Waals surface area contributed by atoms with E-state index < -0.39 is 0 Å². The summed E-state index contributed by atoms with van der Waals surface area (Å²) in [5.74, 6) is 1.78. The number of carbonyl (C=O) groups excluding carboxylic acids is 1. The lowest BCUT2D eigenvalue weighted by Crippen LogP contribution is -2.15. The van der Waals surface area contributed by atoms with Gasteiger partial charge < -0.3 is 14.5 Å². The lowest BCUT2D eigenvalue weighted by Gasteiger charge is -2.10. The molecule has 5 aromatic rings. The van der Waals surface area contributed by atoms with Crippen molar-refractivity contribution in [3.05, 3.63) is 84.9 Å². The highest BCUT2D eigenvalue weighted by molar-refractivity contribution is 7.99. The maximum absolute atomic E-state index is 12.6. The Balaban J connectivity index is 1.43. The van der Waals surface area contributed by atoms with Gasteiger partial charge in [-0.25, -0.2) is 0 Å². The number of carbonyl (C=O) groups is 1. The van der Waals surface area contributed by atoms with Gasteiger partial charge in [-0.3, -0.25) is 9.36 Å². The number of ether oxygens (including phenoxy) is 1. The van der Waals surface area contributed by atoms with Crippen molar-refractivity contribution in [1.82, 2.24) is 14.8 Å². The molecule has 0 saturated carbocycles. The zero-order valence-corrected chi connectivity index (χ0v) is 18.6. The number of nitrogens with zero attached hydrogens (tertiary/aromatic N) is 3. The van der Waals surface area contributed by atoms with Gasteiger partial charge in [-0.1, -0.05) is 60.3 Å². The molecule has 0 bridgehead atoms. The van der Waals surface area contributed by atoms with Crippen LogP contribution in [0.15, 0.2) is 94.5 Å². The standard InChI is InChI=1S/C25H20N4O3S/c1-31-21-14-8-6-12-19(21)26-23(30)16-33-25-28-27-24(29(25)18-10-3-2-4-11-18)22-15-17-9-5-7-13-20(17)32-22/h2-15H,16H2,1H3,(H,26,30). The van der Waals surface area contributed by atoms with E-state index in [1.54, 1.807) is 19.2 Å². The Morgan fingerprint density at radius 2 is 1.76 bits per heavy atom.